The average Bonchev–Trinajstić information content (AvgIpc) is 3.27. The molecule has 0 bridgehead atoms. The van der Waals surface area contributed by atoms with Crippen LogP contribution in [0.1, 0.15) is 28.1 Å². The van der Waals surface area contributed by atoms with E-state index >= 15 is 0 Å². The number of amides is 1. The summed E-state index contributed by atoms with van der Waals surface area (Å²) in [5.74, 6) is 0.769. The van der Waals surface area contributed by atoms with Crippen LogP contribution in [0, 0.1) is 0 Å². The first kappa shape index (κ1) is 16.8. The van der Waals surface area contributed by atoms with E-state index in [1.807, 2.05) is 55.5 Å². The van der Waals surface area contributed by atoms with E-state index in [2.05, 4.69) is 19.9 Å². The van der Waals surface area contributed by atoms with Gasteiger partial charge in [0.25, 0.3) is 5.91 Å². The molecule has 3 heterocycles. The molecule has 2 aromatic heterocycles. The van der Waals surface area contributed by atoms with E-state index in [0.717, 1.165) is 29.0 Å². The highest BCUT2D eigenvalue weighted by Crippen LogP contribution is 2.22. The Bertz CT molecular complexity index is 880. The number of aromatic amines is 2. The number of rotatable bonds is 4. The van der Waals surface area contributed by atoms with Crippen molar-refractivity contribution in [2.45, 2.75) is 12.6 Å². The first-order chi connectivity index (χ1) is 12.6. The smallest absolute Gasteiger partial charge is 0.270 e. The fraction of sp³-hybridized carbons (Fsp3) is 0.368. The number of H-pyrrole nitrogens is 2. The Morgan fingerprint density at radius 3 is 3.00 bits per heavy atom. The molecule has 1 amide bonds. The van der Waals surface area contributed by atoms with Crippen molar-refractivity contribution in [2.75, 3.05) is 33.8 Å². The Morgan fingerprint density at radius 1 is 1.35 bits per heavy atom. The number of fused-ring (bicyclic) bond motifs is 1. The van der Waals surface area contributed by atoms with E-state index < -0.39 is 0 Å². The number of benzene rings is 1. The second-order valence-corrected chi connectivity index (χ2v) is 6.91. The topological polar surface area (TPSA) is 77.2 Å². The maximum Gasteiger partial charge on any atom is 0.270 e. The molecule has 1 atom stereocenters. The Hall–Kier alpha value is -2.64. The monoisotopic (exact) mass is 353 g/mol. The van der Waals surface area contributed by atoms with E-state index in [0.29, 0.717) is 25.4 Å². The lowest BCUT2D eigenvalue weighted by Crippen LogP contribution is -2.42. The van der Waals surface area contributed by atoms with E-state index in [1.54, 1.807) is 0 Å². The van der Waals surface area contributed by atoms with E-state index in [1.165, 1.54) is 0 Å². The quantitative estimate of drug-likeness (QED) is 0.754. The highest BCUT2D eigenvalue weighted by Gasteiger charge is 2.28. The van der Waals surface area contributed by atoms with Gasteiger partial charge in [0.05, 0.1) is 13.2 Å². The second-order valence-electron chi connectivity index (χ2n) is 6.91. The summed E-state index contributed by atoms with van der Waals surface area (Å²) in [6.45, 7) is 2.36. The minimum Gasteiger partial charge on any atom is -0.367 e. The number of hydrogen-bond donors (Lipinski definition) is 2. The van der Waals surface area contributed by atoms with Crippen molar-refractivity contribution in [1.29, 1.82) is 0 Å². The number of nitrogens with one attached hydrogen (secondary N) is 2. The number of aromatic nitrogens is 3. The van der Waals surface area contributed by atoms with Crippen LogP contribution in [0.15, 0.2) is 36.5 Å². The fourth-order valence-corrected chi connectivity index (χ4v) is 3.32. The van der Waals surface area contributed by atoms with Crippen LogP contribution < -0.4 is 0 Å². The van der Waals surface area contributed by atoms with Crippen LogP contribution in [0.4, 0.5) is 0 Å². The lowest BCUT2D eigenvalue weighted by atomic mass is 10.2. The molecule has 26 heavy (non-hydrogen) atoms. The van der Waals surface area contributed by atoms with Crippen molar-refractivity contribution in [3.8, 4) is 0 Å². The fourth-order valence-electron chi connectivity index (χ4n) is 3.32. The van der Waals surface area contributed by atoms with Gasteiger partial charge in [0.15, 0.2) is 0 Å². The molecular weight excluding hydrogens is 330 g/mol. The molecule has 1 aromatic carbocycles. The highest BCUT2D eigenvalue weighted by molar-refractivity contribution is 5.98. The maximum absolute atomic E-state index is 12.9. The molecule has 4 rings (SSSR count). The zero-order valence-electron chi connectivity index (χ0n) is 15.0. The molecule has 7 nitrogen and oxygen atoms in total. The molecular formula is C19H23N5O2. The third kappa shape index (κ3) is 3.36. The third-order valence-corrected chi connectivity index (χ3v) is 4.55. The van der Waals surface area contributed by atoms with Crippen molar-refractivity contribution in [2.24, 2.45) is 0 Å². The van der Waals surface area contributed by atoms with Gasteiger partial charge in [-0.15, -0.1) is 0 Å². The summed E-state index contributed by atoms with van der Waals surface area (Å²) in [4.78, 5) is 27.8. The van der Waals surface area contributed by atoms with Gasteiger partial charge in [-0.3, -0.25) is 4.79 Å². The number of imidazole rings is 1. The van der Waals surface area contributed by atoms with Crippen molar-refractivity contribution in [1.82, 2.24) is 24.8 Å². The average molecular weight is 353 g/mol. The van der Waals surface area contributed by atoms with Crippen molar-refractivity contribution in [3.63, 3.8) is 0 Å². The third-order valence-electron chi connectivity index (χ3n) is 4.55. The Labute approximate surface area is 152 Å². The Kier molecular flexibility index (Phi) is 4.48. The zero-order valence-corrected chi connectivity index (χ0v) is 15.0. The first-order valence-electron chi connectivity index (χ1n) is 8.77. The summed E-state index contributed by atoms with van der Waals surface area (Å²) in [7, 11) is 4.02. The predicted octanol–water partition coefficient (Wildman–Crippen LogP) is 2.17. The van der Waals surface area contributed by atoms with Crippen LogP contribution >= 0.6 is 0 Å². The molecule has 1 unspecified atom stereocenters. The van der Waals surface area contributed by atoms with E-state index in [-0.39, 0.29) is 12.0 Å². The van der Waals surface area contributed by atoms with E-state index in [9.17, 15) is 4.79 Å². The van der Waals surface area contributed by atoms with Gasteiger partial charge < -0.3 is 24.5 Å². The Morgan fingerprint density at radius 2 is 2.19 bits per heavy atom. The molecule has 1 aliphatic heterocycles. The summed E-state index contributed by atoms with van der Waals surface area (Å²) < 4.78 is 5.85. The van der Waals surface area contributed by atoms with Gasteiger partial charge >= 0.3 is 0 Å². The molecule has 3 aromatic rings. The van der Waals surface area contributed by atoms with Gasteiger partial charge in [-0.2, -0.15) is 0 Å². The Balaban J connectivity index is 1.49. The largest absolute Gasteiger partial charge is 0.367 e. The highest BCUT2D eigenvalue weighted by atomic mass is 16.5. The molecule has 7 heteroatoms. The van der Waals surface area contributed by atoms with Crippen LogP contribution in [0.3, 0.4) is 0 Å². The molecule has 1 aliphatic rings. The van der Waals surface area contributed by atoms with Crippen LogP contribution in [-0.2, 0) is 11.3 Å². The summed E-state index contributed by atoms with van der Waals surface area (Å²) in [6.07, 6.45) is 1.60. The summed E-state index contributed by atoms with van der Waals surface area (Å²) >= 11 is 0. The van der Waals surface area contributed by atoms with Crippen LogP contribution in [0.2, 0.25) is 0 Å². The minimum atomic E-state index is -0.229. The molecule has 0 aliphatic carbocycles. The molecule has 0 saturated carbocycles. The van der Waals surface area contributed by atoms with E-state index in [4.69, 9.17) is 4.74 Å². The standard InChI is InChI=1S/C19H23N5O2/c1-23(2)11-14-10-20-18(21-14)17-12-24(7-8-26-17)19(25)16-9-13-5-3-4-6-15(13)22-16/h3-6,9-10,17,22H,7-8,11-12H2,1-2H3,(H,20,21). The van der Waals surface area contributed by atoms with Crippen LogP contribution in [0.5, 0.6) is 0 Å². The summed E-state index contributed by atoms with van der Waals surface area (Å²) in [6, 6.07) is 9.81. The second kappa shape index (κ2) is 6.93. The molecule has 1 fully saturated rings. The summed E-state index contributed by atoms with van der Waals surface area (Å²) in [5, 5.41) is 1.04. The number of hydrogen-bond acceptors (Lipinski definition) is 4. The maximum atomic E-state index is 12.9. The molecule has 1 saturated heterocycles. The van der Waals surface area contributed by atoms with Gasteiger partial charge in [0.1, 0.15) is 17.6 Å². The van der Waals surface area contributed by atoms with Gasteiger partial charge in [-0.1, -0.05) is 18.2 Å². The molecule has 0 radical (unpaired) electrons. The number of carbonyl (C=O) groups is 1. The number of carbonyl (C=O) groups excluding carboxylic acids is 1. The SMILES string of the molecule is CN(C)Cc1cnc(C2CN(C(=O)c3cc4ccccc4[nH]3)CCO2)[nH]1. The lowest BCUT2D eigenvalue weighted by molar-refractivity contribution is -0.0266. The predicted molar refractivity (Wildman–Crippen MR) is 98.9 cm³/mol. The van der Waals surface area contributed by atoms with Crippen LogP contribution in [0.25, 0.3) is 10.9 Å². The summed E-state index contributed by atoms with van der Waals surface area (Å²) in [5.41, 5.74) is 2.62. The normalized spacial score (nSPS) is 18.0. The minimum absolute atomic E-state index is 0.00503. The number of ether oxygens (including phenoxy) is 1. The van der Waals surface area contributed by atoms with Crippen molar-refractivity contribution >= 4 is 16.8 Å². The lowest BCUT2D eigenvalue weighted by Gasteiger charge is -2.31. The number of nitrogens with zero attached hydrogens (tertiary/aromatic N) is 3. The zero-order chi connectivity index (χ0) is 18.1. The van der Waals surface area contributed by atoms with Crippen LogP contribution in [-0.4, -0.2) is 64.5 Å². The van der Waals surface area contributed by atoms with Gasteiger partial charge in [0, 0.05) is 35.9 Å². The van der Waals surface area contributed by atoms with Gasteiger partial charge in [-0.25, -0.2) is 4.98 Å². The first-order valence-corrected chi connectivity index (χ1v) is 8.77. The van der Waals surface area contributed by atoms with Crippen molar-refractivity contribution < 1.29 is 9.53 Å². The molecule has 2 N–H and O–H groups in total. The number of morpholine rings is 1. The van der Waals surface area contributed by atoms with Gasteiger partial charge in [0.2, 0.25) is 0 Å². The van der Waals surface area contributed by atoms with Gasteiger partial charge in [-0.05, 0) is 26.2 Å². The van der Waals surface area contributed by atoms with Crippen molar-refractivity contribution in [3.05, 3.63) is 53.7 Å². The molecule has 0 spiro atoms. The molecule has 136 valence electrons. The number of para-hydroxylation sites is 1.